The molecule has 0 amide bonds. The van der Waals surface area contributed by atoms with E-state index in [0.29, 0.717) is 11.3 Å². The van der Waals surface area contributed by atoms with Crippen LogP contribution in [0, 0.1) is 5.41 Å². The highest BCUT2D eigenvalue weighted by atomic mass is 16.3. The van der Waals surface area contributed by atoms with E-state index in [0.717, 1.165) is 5.39 Å². The number of hydrogen-bond donors (Lipinski definition) is 1. The number of hydrogen-bond acceptors (Lipinski definition) is 3. The number of Topliss-reactive ketones (excluding diaryl/α,β-unsaturated/α-hetero) is 1. The fourth-order valence-corrected chi connectivity index (χ4v) is 1.57. The van der Waals surface area contributed by atoms with Gasteiger partial charge >= 0.3 is 0 Å². The molecule has 0 aliphatic carbocycles. The molecule has 1 aromatic carbocycles. The van der Waals surface area contributed by atoms with Gasteiger partial charge in [0.25, 0.3) is 0 Å². The molecule has 0 radical (unpaired) electrons. The van der Waals surface area contributed by atoms with Gasteiger partial charge in [-0.1, -0.05) is 32.9 Å². The van der Waals surface area contributed by atoms with Crippen molar-refractivity contribution in [3.8, 4) is 0 Å². The summed E-state index contributed by atoms with van der Waals surface area (Å²) in [6.45, 7) is 5.55. The topological polar surface area (TPSA) is 56.2 Å². The first-order chi connectivity index (χ1) is 7.41. The van der Waals surface area contributed by atoms with Gasteiger partial charge in [0.1, 0.15) is 5.58 Å². The average Bonchev–Trinajstić information content (AvgIpc) is 2.54. The molecule has 0 bridgehead atoms. The molecule has 1 aromatic heterocycles. The second kappa shape index (κ2) is 3.37. The maximum absolute atomic E-state index is 12.1. The summed E-state index contributed by atoms with van der Waals surface area (Å²) in [7, 11) is 0. The van der Waals surface area contributed by atoms with E-state index in [4.69, 9.17) is 10.2 Å². The van der Waals surface area contributed by atoms with Gasteiger partial charge < -0.3 is 10.2 Å². The van der Waals surface area contributed by atoms with Crippen LogP contribution in [0.1, 0.15) is 31.3 Å². The van der Waals surface area contributed by atoms with Crippen LogP contribution >= 0.6 is 0 Å². The third-order valence-electron chi connectivity index (χ3n) is 2.52. The second-order valence-electron chi connectivity index (χ2n) is 4.92. The van der Waals surface area contributed by atoms with Gasteiger partial charge in [-0.2, -0.15) is 0 Å². The number of carbonyl (C=O) groups is 1. The largest absolute Gasteiger partial charge is 0.451 e. The third-order valence-corrected chi connectivity index (χ3v) is 2.52. The molecule has 0 saturated heterocycles. The lowest BCUT2D eigenvalue weighted by molar-refractivity contribution is 0.0832. The molecule has 2 aromatic rings. The highest BCUT2D eigenvalue weighted by molar-refractivity contribution is 6.08. The van der Waals surface area contributed by atoms with E-state index in [1.54, 1.807) is 0 Å². The van der Waals surface area contributed by atoms with Crippen molar-refractivity contribution in [2.24, 2.45) is 5.41 Å². The Morgan fingerprint density at radius 3 is 2.44 bits per heavy atom. The van der Waals surface area contributed by atoms with E-state index in [-0.39, 0.29) is 11.5 Å². The standard InChI is InChI=1S/C13H15NO2/c1-13(2,3)12(15)11-10(14)8-6-4-5-7-9(8)16-11/h4-7H,14H2,1-3H3. The summed E-state index contributed by atoms with van der Waals surface area (Å²) in [5.74, 6) is 0.204. The van der Waals surface area contributed by atoms with Gasteiger partial charge in [-0.3, -0.25) is 4.79 Å². The Kier molecular flexibility index (Phi) is 2.26. The van der Waals surface area contributed by atoms with E-state index in [1.165, 1.54) is 0 Å². The van der Waals surface area contributed by atoms with Crippen LogP contribution in [0.25, 0.3) is 11.0 Å². The summed E-state index contributed by atoms with van der Waals surface area (Å²) in [4.78, 5) is 12.1. The van der Waals surface area contributed by atoms with E-state index < -0.39 is 5.41 Å². The molecule has 0 aliphatic rings. The smallest absolute Gasteiger partial charge is 0.205 e. The molecule has 84 valence electrons. The monoisotopic (exact) mass is 217 g/mol. The molecule has 0 atom stereocenters. The normalized spacial score (nSPS) is 11.9. The minimum atomic E-state index is -0.484. The fourth-order valence-electron chi connectivity index (χ4n) is 1.57. The Balaban J connectivity index is 2.63. The number of para-hydroxylation sites is 1. The quantitative estimate of drug-likeness (QED) is 0.746. The zero-order valence-corrected chi connectivity index (χ0v) is 9.70. The van der Waals surface area contributed by atoms with Crippen molar-refractivity contribution in [3.63, 3.8) is 0 Å². The Hall–Kier alpha value is -1.77. The molecule has 2 rings (SSSR count). The van der Waals surface area contributed by atoms with E-state index >= 15 is 0 Å². The van der Waals surface area contributed by atoms with Crippen molar-refractivity contribution in [3.05, 3.63) is 30.0 Å². The maximum atomic E-state index is 12.1. The molecule has 3 nitrogen and oxygen atoms in total. The van der Waals surface area contributed by atoms with Crippen LogP contribution in [0.4, 0.5) is 5.69 Å². The number of nitrogen functional groups attached to an aromatic ring is 1. The lowest BCUT2D eigenvalue weighted by Crippen LogP contribution is -2.20. The van der Waals surface area contributed by atoms with E-state index in [2.05, 4.69) is 0 Å². The van der Waals surface area contributed by atoms with E-state index in [9.17, 15) is 4.79 Å². The van der Waals surface area contributed by atoms with Crippen molar-refractivity contribution in [2.75, 3.05) is 5.73 Å². The molecule has 1 heterocycles. The Bertz CT molecular complexity index is 547. The first kappa shape index (κ1) is 10.7. The van der Waals surface area contributed by atoms with Gasteiger partial charge in [-0.25, -0.2) is 0 Å². The summed E-state index contributed by atoms with van der Waals surface area (Å²) in [6, 6.07) is 7.40. The van der Waals surface area contributed by atoms with Crippen molar-refractivity contribution in [2.45, 2.75) is 20.8 Å². The highest BCUT2D eigenvalue weighted by Crippen LogP contribution is 2.32. The first-order valence-electron chi connectivity index (χ1n) is 5.23. The molecule has 0 spiro atoms. The molecule has 0 aliphatic heterocycles. The van der Waals surface area contributed by atoms with Crippen LogP contribution < -0.4 is 5.73 Å². The molecule has 16 heavy (non-hydrogen) atoms. The number of anilines is 1. The number of carbonyl (C=O) groups excluding carboxylic acids is 1. The van der Waals surface area contributed by atoms with Crippen LogP contribution in [0.15, 0.2) is 28.7 Å². The van der Waals surface area contributed by atoms with Crippen LogP contribution in [0.2, 0.25) is 0 Å². The molecule has 2 N–H and O–H groups in total. The number of ketones is 1. The first-order valence-corrected chi connectivity index (χ1v) is 5.23. The fraction of sp³-hybridized carbons (Fsp3) is 0.308. The molecule has 0 fully saturated rings. The van der Waals surface area contributed by atoms with Gasteiger partial charge in [0, 0.05) is 10.8 Å². The Morgan fingerprint density at radius 2 is 1.88 bits per heavy atom. The summed E-state index contributed by atoms with van der Waals surface area (Å²) < 4.78 is 5.51. The zero-order valence-electron chi connectivity index (χ0n) is 9.70. The van der Waals surface area contributed by atoms with Crippen LogP contribution in [0.5, 0.6) is 0 Å². The van der Waals surface area contributed by atoms with Crippen LogP contribution in [-0.4, -0.2) is 5.78 Å². The Labute approximate surface area is 94.2 Å². The SMILES string of the molecule is CC(C)(C)C(=O)c1oc2ccccc2c1N. The lowest BCUT2D eigenvalue weighted by Gasteiger charge is -2.14. The predicted octanol–water partition coefficient (Wildman–Crippen LogP) is 3.24. The van der Waals surface area contributed by atoms with Crippen molar-refractivity contribution >= 4 is 22.4 Å². The average molecular weight is 217 g/mol. The third kappa shape index (κ3) is 1.58. The number of benzene rings is 1. The highest BCUT2D eigenvalue weighted by Gasteiger charge is 2.28. The maximum Gasteiger partial charge on any atom is 0.205 e. The number of fused-ring (bicyclic) bond motifs is 1. The van der Waals surface area contributed by atoms with Gasteiger partial charge in [-0.05, 0) is 12.1 Å². The zero-order chi connectivity index (χ0) is 11.9. The second-order valence-corrected chi connectivity index (χ2v) is 4.92. The van der Waals surface area contributed by atoms with Crippen LogP contribution in [0.3, 0.4) is 0 Å². The number of rotatable bonds is 1. The summed E-state index contributed by atoms with van der Waals surface area (Å²) in [5.41, 5.74) is 6.54. The van der Waals surface area contributed by atoms with Crippen molar-refractivity contribution in [1.29, 1.82) is 0 Å². The summed E-state index contributed by atoms with van der Waals surface area (Å²) in [6.07, 6.45) is 0. The summed E-state index contributed by atoms with van der Waals surface area (Å²) >= 11 is 0. The van der Waals surface area contributed by atoms with E-state index in [1.807, 2.05) is 45.0 Å². The molecule has 3 heteroatoms. The number of furan rings is 1. The minimum Gasteiger partial charge on any atom is -0.451 e. The van der Waals surface area contributed by atoms with Gasteiger partial charge in [0.2, 0.25) is 5.78 Å². The van der Waals surface area contributed by atoms with Gasteiger partial charge in [0.15, 0.2) is 5.76 Å². The van der Waals surface area contributed by atoms with Gasteiger partial charge in [-0.15, -0.1) is 0 Å². The predicted molar refractivity (Wildman–Crippen MR) is 64.4 cm³/mol. The van der Waals surface area contributed by atoms with Crippen molar-refractivity contribution < 1.29 is 9.21 Å². The summed E-state index contributed by atoms with van der Waals surface area (Å²) in [5, 5.41) is 0.801. The Morgan fingerprint density at radius 1 is 1.25 bits per heavy atom. The number of nitrogens with two attached hydrogens (primary N) is 1. The minimum absolute atomic E-state index is 0.0683. The van der Waals surface area contributed by atoms with Crippen molar-refractivity contribution in [1.82, 2.24) is 0 Å². The molecule has 0 unspecified atom stereocenters. The molecular formula is C13H15NO2. The molecule has 0 saturated carbocycles. The van der Waals surface area contributed by atoms with Crippen LogP contribution in [-0.2, 0) is 0 Å². The molecular weight excluding hydrogens is 202 g/mol. The lowest BCUT2D eigenvalue weighted by atomic mass is 9.89. The van der Waals surface area contributed by atoms with Gasteiger partial charge in [0.05, 0.1) is 5.69 Å².